The summed E-state index contributed by atoms with van der Waals surface area (Å²) in [6.07, 6.45) is 6.59. The Kier molecular flexibility index (Phi) is 2.67. The molecule has 0 aliphatic carbocycles. The highest BCUT2D eigenvalue weighted by atomic mass is 16.1. The average molecular weight is 203 g/mol. The van der Waals surface area contributed by atoms with Gasteiger partial charge in [0.25, 0.3) is 0 Å². The first kappa shape index (κ1) is 9.71. The summed E-state index contributed by atoms with van der Waals surface area (Å²) in [7, 11) is 0. The molecule has 4 heteroatoms. The molecule has 0 fully saturated rings. The highest BCUT2D eigenvalue weighted by molar-refractivity contribution is 5.72. The number of aldehydes is 1. The van der Waals surface area contributed by atoms with Gasteiger partial charge in [-0.15, -0.1) is 0 Å². The van der Waals surface area contributed by atoms with Gasteiger partial charge in [0.2, 0.25) is 0 Å². The van der Waals surface area contributed by atoms with Crippen LogP contribution in [0.3, 0.4) is 0 Å². The number of nitrogens with zero attached hydrogens (tertiary/aromatic N) is 3. The fourth-order valence-electron chi connectivity index (χ4n) is 1.54. The van der Waals surface area contributed by atoms with Gasteiger partial charge < -0.3 is 4.57 Å². The largest absolute Gasteiger partial charge is 0.341 e. The lowest BCUT2D eigenvalue weighted by Gasteiger charge is -2.01. The van der Waals surface area contributed by atoms with Crippen molar-refractivity contribution < 1.29 is 4.79 Å². The van der Waals surface area contributed by atoms with Crippen LogP contribution in [0.5, 0.6) is 0 Å². The Morgan fingerprint density at radius 2 is 2.40 bits per heavy atom. The monoisotopic (exact) mass is 203 g/mol. The summed E-state index contributed by atoms with van der Waals surface area (Å²) in [5.74, 6) is 0. The van der Waals surface area contributed by atoms with E-state index < -0.39 is 0 Å². The maximum atomic E-state index is 10.7. The molecule has 0 radical (unpaired) electrons. The molecule has 4 nitrogen and oxygen atoms in total. The third-order valence-electron chi connectivity index (χ3n) is 2.35. The summed E-state index contributed by atoms with van der Waals surface area (Å²) < 4.78 is 3.78. The third kappa shape index (κ3) is 1.98. The molecule has 2 aromatic rings. The van der Waals surface area contributed by atoms with E-state index in [0.717, 1.165) is 18.4 Å². The van der Waals surface area contributed by atoms with Crippen molar-refractivity contribution >= 4 is 6.29 Å². The number of hydrogen-bond acceptors (Lipinski definition) is 2. The molecule has 2 rings (SSSR count). The standard InChI is InChI=1S/C11H13N3O/c1-2-14-8-10(6-12-14)7-13-5-3-4-11(13)9-15/h3-6,8-9H,2,7H2,1H3. The molecule has 2 heterocycles. The molecule has 0 N–H and O–H groups in total. The number of hydrogen-bond donors (Lipinski definition) is 0. The van der Waals surface area contributed by atoms with Crippen LogP contribution >= 0.6 is 0 Å². The Labute approximate surface area is 88.1 Å². The van der Waals surface area contributed by atoms with Gasteiger partial charge in [-0.25, -0.2) is 0 Å². The summed E-state index contributed by atoms with van der Waals surface area (Å²) in [6, 6.07) is 3.67. The molecular weight excluding hydrogens is 190 g/mol. The molecule has 0 saturated heterocycles. The van der Waals surface area contributed by atoms with Crippen LogP contribution in [-0.2, 0) is 13.1 Å². The molecule has 0 bridgehead atoms. The van der Waals surface area contributed by atoms with Gasteiger partial charge in [-0.05, 0) is 19.1 Å². The van der Waals surface area contributed by atoms with Gasteiger partial charge in [-0.3, -0.25) is 9.48 Å². The quantitative estimate of drug-likeness (QED) is 0.707. The van der Waals surface area contributed by atoms with E-state index in [1.807, 2.05) is 40.8 Å². The summed E-state index contributed by atoms with van der Waals surface area (Å²) in [5, 5.41) is 4.19. The highest BCUT2D eigenvalue weighted by Crippen LogP contribution is 2.05. The molecule has 0 aromatic carbocycles. The predicted molar refractivity (Wildman–Crippen MR) is 56.8 cm³/mol. The Hall–Kier alpha value is -1.84. The van der Waals surface area contributed by atoms with E-state index in [4.69, 9.17) is 0 Å². The predicted octanol–water partition coefficient (Wildman–Crippen LogP) is 1.57. The first-order valence-electron chi connectivity index (χ1n) is 4.95. The molecule has 0 saturated carbocycles. The van der Waals surface area contributed by atoms with Gasteiger partial charge in [-0.2, -0.15) is 5.10 Å². The van der Waals surface area contributed by atoms with Crippen molar-refractivity contribution in [3.8, 4) is 0 Å². The van der Waals surface area contributed by atoms with Crippen molar-refractivity contribution in [1.82, 2.24) is 14.3 Å². The topological polar surface area (TPSA) is 39.8 Å². The van der Waals surface area contributed by atoms with Crippen molar-refractivity contribution in [2.24, 2.45) is 0 Å². The Morgan fingerprint density at radius 1 is 1.53 bits per heavy atom. The minimum Gasteiger partial charge on any atom is -0.341 e. The van der Waals surface area contributed by atoms with E-state index in [9.17, 15) is 4.79 Å². The summed E-state index contributed by atoms with van der Waals surface area (Å²) in [6.45, 7) is 3.61. The second-order valence-corrected chi connectivity index (χ2v) is 3.38. The van der Waals surface area contributed by atoms with Crippen LogP contribution < -0.4 is 0 Å². The Morgan fingerprint density at radius 3 is 3.07 bits per heavy atom. The van der Waals surface area contributed by atoms with E-state index in [2.05, 4.69) is 5.10 Å². The van der Waals surface area contributed by atoms with Crippen LogP contribution in [-0.4, -0.2) is 20.6 Å². The van der Waals surface area contributed by atoms with Crippen LogP contribution in [0, 0.1) is 0 Å². The van der Waals surface area contributed by atoms with Gasteiger partial charge in [0, 0.05) is 24.5 Å². The van der Waals surface area contributed by atoms with E-state index in [1.165, 1.54) is 0 Å². The zero-order chi connectivity index (χ0) is 10.7. The van der Waals surface area contributed by atoms with Crippen molar-refractivity contribution in [2.75, 3.05) is 0 Å². The number of aryl methyl sites for hydroxylation is 1. The molecule has 0 spiro atoms. The lowest BCUT2D eigenvalue weighted by molar-refractivity contribution is 0.111. The zero-order valence-corrected chi connectivity index (χ0v) is 8.63. The lowest BCUT2D eigenvalue weighted by atomic mass is 10.3. The van der Waals surface area contributed by atoms with Crippen molar-refractivity contribution in [3.63, 3.8) is 0 Å². The molecule has 0 atom stereocenters. The second-order valence-electron chi connectivity index (χ2n) is 3.38. The van der Waals surface area contributed by atoms with Crippen molar-refractivity contribution in [1.29, 1.82) is 0 Å². The molecule has 78 valence electrons. The van der Waals surface area contributed by atoms with Gasteiger partial charge in [0.1, 0.15) is 0 Å². The van der Waals surface area contributed by atoms with E-state index in [1.54, 1.807) is 6.07 Å². The molecular formula is C11H13N3O. The Balaban J connectivity index is 2.17. The second kappa shape index (κ2) is 4.13. The number of rotatable bonds is 4. The first-order chi connectivity index (χ1) is 7.33. The van der Waals surface area contributed by atoms with Gasteiger partial charge in [0.15, 0.2) is 6.29 Å². The number of carbonyl (C=O) groups is 1. The molecule has 0 unspecified atom stereocenters. The van der Waals surface area contributed by atoms with Crippen molar-refractivity contribution in [2.45, 2.75) is 20.0 Å². The molecule has 0 aliphatic heterocycles. The SMILES string of the molecule is CCn1cc(Cn2cccc2C=O)cn1. The summed E-state index contributed by atoms with van der Waals surface area (Å²) in [4.78, 5) is 10.7. The lowest BCUT2D eigenvalue weighted by Crippen LogP contribution is -2.01. The number of aromatic nitrogens is 3. The maximum Gasteiger partial charge on any atom is 0.166 e. The van der Waals surface area contributed by atoms with E-state index in [0.29, 0.717) is 12.2 Å². The van der Waals surface area contributed by atoms with Gasteiger partial charge >= 0.3 is 0 Å². The fraction of sp³-hybridized carbons (Fsp3) is 0.273. The van der Waals surface area contributed by atoms with E-state index in [-0.39, 0.29) is 0 Å². The van der Waals surface area contributed by atoms with Gasteiger partial charge in [-0.1, -0.05) is 0 Å². The minimum atomic E-state index is 0.694. The molecule has 0 amide bonds. The van der Waals surface area contributed by atoms with Crippen LogP contribution in [0.15, 0.2) is 30.7 Å². The first-order valence-corrected chi connectivity index (χ1v) is 4.95. The normalized spacial score (nSPS) is 10.5. The highest BCUT2D eigenvalue weighted by Gasteiger charge is 2.02. The third-order valence-corrected chi connectivity index (χ3v) is 2.35. The minimum absolute atomic E-state index is 0.694. The number of carbonyl (C=O) groups excluding carboxylic acids is 1. The van der Waals surface area contributed by atoms with Crippen LogP contribution in [0.1, 0.15) is 23.0 Å². The summed E-state index contributed by atoms with van der Waals surface area (Å²) >= 11 is 0. The average Bonchev–Trinajstić information content (AvgIpc) is 2.87. The van der Waals surface area contributed by atoms with Crippen LogP contribution in [0.2, 0.25) is 0 Å². The van der Waals surface area contributed by atoms with Crippen LogP contribution in [0.25, 0.3) is 0 Å². The fourth-order valence-corrected chi connectivity index (χ4v) is 1.54. The molecule has 0 aliphatic rings. The smallest absolute Gasteiger partial charge is 0.166 e. The Bertz CT molecular complexity index is 456. The van der Waals surface area contributed by atoms with Crippen LogP contribution in [0.4, 0.5) is 0 Å². The maximum absolute atomic E-state index is 10.7. The molecule has 2 aromatic heterocycles. The van der Waals surface area contributed by atoms with Crippen molar-refractivity contribution in [3.05, 3.63) is 42.0 Å². The summed E-state index contributed by atoms with van der Waals surface area (Å²) in [5.41, 5.74) is 1.80. The van der Waals surface area contributed by atoms with Gasteiger partial charge in [0.05, 0.1) is 18.4 Å². The molecule has 15 heavy (non-hydrogen) atoms. The zero-order valence-electron chi connectivity index (χ0n) is 8.63. The van der Waals surface area contributed by atoms with E-state index >= 15 is 0 Å².